The van der Waals surface area contributed by atoms with Gasteiger partial charge in [0.25, 0.3) is 0 Å². The first-order chi connectivity index (χ1) is 5.72. The van der Waals surface area contributed by atoms with Gasteiger partial charge in [0.15, 0.2) is 0 Å². The molecule has 0 amide bonds. The molecule has 0 aliphatic rings. The number of nitrogens with two attached hydrogens (primary N) is 1. The molecule has 0 aliphatic carbocycles. The van der Waals surface area contributed by atoms with Crippen LogP contribution in [0.15, 0.2) is 0 Å². The molecule has 0 bridgehead atoms. The van der Waals surface area contributed by atoms with Crippen molar-refractivity contribution >= 4 is 17.7 Å². The predicted molar refractivity (Wildman–Crippen MR) is 47.9 cm³/mol. The Morgan fingerprint density at radius 3 is 2.92 bits per heavy atom. The molecule has 72 valence electrons. The minimum atomic E-state index is -0.584. The lowest BCUT2D eigenvalue weighted by Crippen LogP contribution is -2.33. The Bertz CT molecular complexity index is 135. The maximum Gasteiger partial charge on any atom is 0.323 e. The summed E-state index contributed by atoms with van der Waals surface area (Å²) in [6.45, 7) is -0.319. The van der Waals surface area contributed by atoms with E-state index < -0.39 is 12.0 Å². The monoisotopic (exact) mass is 195 g/mol. The number of methoxy groups -OCH3 is 1. The summed E-state index contributed by atoms with van der Waals surface area (Å²) in [4.78, 5) is 10.7. The maximum atomic E-state index is 11.6. The molecular weight excluding hydrogens is 181 g/mol. The molecule has 2 N–H and O–H groups in total. The summed E-state index contributed by atoms with van der Waals surface area (Å²) in [7, 11) is 1.30. The van der Waals surface area contributed by atoms with E-state index in [-0.39, 0.29) is 6.67 Å². The standard InChI is InChI=1S/C7H14FNO2S/c1-11-7(10)6(9)5-12-4-2-3-8/h6H,2-5,9H2,1H3. The van der Waals surface area contributed by atoms with E-state index in [0.717, 1.165) is 0 Å². The van der Waals surface area contributed by atoms with Crippen LogP contribution >= 0.6 is 11.8 Å². The molecule has 0 aromatic rings. The van der Waals surface area contributed by atoms with E-state index in [1.165, 1.54) is 18.9 Å². The molecule has 0 aromatic heterocycles. The highest BCUT2D eigenvalue weighted by Gasteiger charge is 2.12. The van der Waals surface area contributed by atoms with Crippen LogP contribution in [-0.4, -0.2) is 37.3 Å². The lowest BCUT2D eigenvalue weighted by atomic mass is 10.4. The Morgan fingerprint density at radius 2 is 2.42 bits per heavy atom. The maximum absolute atomic E-state index is 11.6. The third kappa shape index (κ3) is 5.37. The van der Waals surface area contributed by atoms with Crippen molar-refractivity contribution in [2.24, 2.45) is 5.73 Å². The van der Waals surface area contributed by atoms with Gasteiger partial charge in [0.05, 0.1) is 13.8 Å². The number of carbonyl (C=O) groups is 1. The van der Waals surface area contributed by atoms with Gasteiger partial charge < -0.3 is 10.5 Å². The highest BCUT2D eigenvalue weighted by atomic mass is 32.2. The fraction of sp³-hybridized carbons (Fsp3) is 0.857. The SMILES string of the molecule is COC(=O)C(N)CSCCCF. The average molecular weight is 195 g/mol. The quantitative estimate of drug-likeness (QED) is 0.497. The molecular formula is C7H14FNO2S. The van der Waals surface area contributed by atoms with E-state index in [1.807, 2.05) is 0 Å². The molecule has 3 nitrogen and oxygen atoms in total. The van der Waals surface area contributed by atoms with E-state index in [4.69, 9.17) is 5.73 Å². The van der Waals surface area contributed by atoms with Gasteiger partial charge in [0.1, 0.15) is 6.04 Å². The summed E-state index contributed by atoms with van der Waals surface area (Å²) < 4.78 is 16.0. The fourth-order valence-corrected chi connectivity index (χ4v) is 1.46. The van der Waals surface area contributed by atoms with Gasteiger partial charge in [-0.3, -0.25) is 9.18 Å². The van der Waals surface area contributed by atoms with Crippen molar-refractivity contribution in [3.8, 4) is 0 Å². The number of halogens is 1. The molecule has 12 heavy (non-hydrogen) atoms. The molecule has 0 fully saturated rings. The predicted octanol–water partition coefficient (Wildman–Crippen LogP) is 0.579. The van der Waals surface area contributed by atoms with Crippen molar-refractivity contribution in [2.75, 3.05) is 25.3 Å². The smallest absolute Gasteiger partial charge is 0.323 e. The van der Waals surface area contributed by atoms with Crippen molar-refractivity contribution in [1.82, 2.24) is 0 Å². The lowest BCUT2D eigenvalue weighted by molar-refractivity contribution is -0.141. The molecule has 0 heterocycles. The van der Waals surface area contributed by atoms with E-state index in [0.29, 0.717) is 17.9 Å². The fourth-order valence-electron chi connectivity index (χ4n) is 0.586. The van der Waals surface area contributed by atoms with Crippen LogP contribution in [-0.2, 0) is 9.53 Å². The summed E-state index contributed by atoms with van der Waals surface area (Å²) in [5, 5.41) is 0. The number of ether oxygens (including phenoxy) is 1. The number of alkyl halides is 1. The van der Waals surface area contributed by atoms with Gasteiger partial charge in [0, 0.05) is 5.75 Å². The van der Waals surface area contributed by atoms with Gasteiger partial charge in [-0.2, -0.15) is 11.8 Å². The summed E-state index contributed by atoms with van der Waals surface area (Å²) in [5.74, 6) is 0.774. The first kappa shape index (κ1) is 11.7. The molecule has 5 heteroatoms. The van der Waals surface area contributed by atoms with Crippen LogP contribution in [0.25, 0.3) is 0 Å². The normalized spacial score (nSPS) is 12.6. The van der Waals surface area contributed by atoms with Crippen molar-refractivity contribution in [3.05, 3.63) is 0 Å². The van der Waals surface area contributed by atoms with Gasteiger partial charge in [-0.15, -0.1) is 0 Å². The Morgan fingerprint density at radius 1 is 1.75 bits per heavy atom. The Labute approximate surface area is 75.8 Å². The van der Waals surface area contributed by atoms with E-state index in [1.54, 1.807) is 0 Å². The minimum Gasteiger partial charge on any atom is -0.468 e. The van der Waals surface area contributed by atoms with Crippen molar-refractivity contribution in [3.63, 3.8) is 0 Å². The van der Waals surface area contributed by atoms with Gasteiger partial charge in [-0.25, -0.2) is 0 Å². The minimum absolute atomic E-state index is 0.319. The number of carbonyl (C=O) groups excluding carboxylic acids is 1. The summed E-state index contributed by atoms with van der Waals surface area (Å²) in [6.07, 6.45) is 0.512. The third-order valence-corrected chi connectivity index (χ3v) is 2.40. The van der Waals surface area contributed by atoms with Crippen molar-refractivity contribution < 1.29 is 13.9 Å². The third-order valence-electron chi connectivity index (χ3n) is 1.22. The van der Waals surface area contributed by atoms with Crippen LogP contribution in [0.4, 0.5) is 4.39 Å². The highest BCUT2D eigenvalue weighted by molar-refractivity contribution is 7.99. The summed E-state index contributed by atoms with van der Waals surface area (Å²) in [5.41, 5.74) is 5.42. The second kappa shape index (κ2) is 7.36. The zero-order valence-corrected chi connectivity index (χ0v) is 7.90. The largest absolute Gasteiger partial charge is 0.468 e. The molecule has 1 unspecified atom stereocenters. The second-order valence-corrected chi connectivity index (χ2v) is 3.40. The molecule has 0 rings (SSSR count). The average Bonchev–Trinajstić information content (AvgIpc) is 2.10. The second-order valence-electron chi connectivity index (χ2n) is 2.25. The van der Waals surface area contributed by atoms with Crippen molar-refractivity contribution in [2.45, 2.75) is 12.5 Å². The van der Waals surface area contributed by atoms with Gasteiger partial charge in [0.2, 0.25) is 0 Å². The molecule has 0 spiro atoms. The first-order valence-electron chi connectivity index (χ1n) is 3.69. The number of thioether (sulfide) groups is 1. The van der Waals surface area contributed by atoms with Crippen LogP contribution in [0, 0.1) is 0 Å². The van der Waals surface area contributed by atoms with E-state index >= 15 is 0 Å². The van der Waals surface area contributed by atoms with E-state index in [9.17, 15) is 9.18 Å². The molecule has 0 aromatic carbocycles. The number of rotatable bonds is 6. The topological polar surface area (TPSA) is 52.3 Å². The zero-order valence-electron chi connectivity index (χ0n) is 7.09. The van der Waals surface area contributed by atoms with E-state index in [2.05, 4.69) is 4.74 Å². The summed E-state index contributed by atoms with van der Waals surface area (Å²) in [6, 6.07) is -0.584. The van der Waals surface area contributed by atoms with Gasteiger partial charge in [-0.1, -0.05) is 0 Å². The Balaban J connectivity index is 3.31. The van der Waals surface area contributed by atoms with Crippen molar-refractivity contribution in [1.29, 1.82) is 0 Å². The Kier molecular flexibility index (Phi) is 7.19. The Hall–Kier alpha value is -0.290. The number of hydrogen-bond acceptors (Lipinski definition) is 4. The first-order valence-corrected chi connectivity index (χ1v) is 4.85. The number of hydrogen-bond donors (Lipinski definition) is 1. The lowest BCUT2D eigenvalue weighted by Gasteiger charge is -2.07. The molecule has 0 radical (unpaired) electrons. The number of esters is 1. The van der Waals surface area contributed by atoms with Crippen LogP contribution in [0.3, 0.4) is 0 Å². The molecule has 0 saturated carbocycles. The molecule has 0 aliphatic heterocycles. The highest BCUT2D eigenvalue weighted by Crippen LogP contribution is 2.04. The molecule has 0 saturated heterocycles. The van der Waals surface area contributed by atoms with Crippen LogP contribution in [0.1, 0.15) is 6.42 Å². The zero-order chi connectivity index (χ0) is 9.40. The van der Waals surface area contributed by atoms with Gasteiger partial charge in [-0.05, 0) is 12.2 Å². The molecule has 1 atom stereocenters. The van der Waals surface area contributed by atoms with Crippen LogP contribution < -0.4 is 5.73 Å². The van der Waals surface area contributed by atoms with Crippen LogP contribution in [0.5, 0.6) is 0 Å². The van der Waals surface area contributed by atoms with Gasteiger partial charge >= 0.3 is 5.97 Å². The van der Waals surface area contributed by atoms with Crippen LogP contribution in [0.2, 0.25) is 0 Å². The summed E-state index contributed by atoms with van der Waals surface area (Å²) >= 11 is 1.46.